The van der Waals surface area contributed by atoms with Gasteiger partial charge in [-0.15, -0.1) is 11.3 Å². The molecule has 128 valence electrons. The van der Waals surface area contributed by atoms with E-state index >= 15 is 0 Å². The average Bonchev–Trinajstić information content (AvgIpc) is 3.23. The van der Waals surface area contributed by atoms with Crippen LogP contribution in [-0.2, 0) is 0 Å². The van der Waals surface area contributed by atoms with Gasteiger partial charge in [-0.1, -0.05) is 5.16 Å². The van der Waals surface area contributed by atoms with Crippen LogP contribution in [0.4, 0.5) is 8.78 Å². The van der Waals surface area contributed by atoms with Crippen LogP contribution in [0.1, 0.15) is 30.3 Å². The summed E-state index contributed by atoms with van der Waals surface area (Å²) in [5, 5.41) is 6.08. The van der Waals surface area contributed by atoms with Gasteiger partial charge in [0.05, 0.1) is 12.2 Å². The minimum atomic E-state index is -2.28. The maximum atomic E-state index is 12.4. The summed E-state index contributed by atoms with van der Waals surface area (Å²) in [6.45, 7) is 3.03. The number of rotatable bonds is 4. The monoisotopic (exact) mass is 353 g/mol. The Hall–Kier alpha value is -1.87. The van der Waals surface area contributed by atoms with E-state index in [1.807, 2.05) is 22.9 Å². The van der Waals surface area contributed by atoms with Gasteiger partial charge >= 0.3 is 0 Å². The molecule has 3 aromatic heterocycles. The second-order valence-corrected chi connectivity index (χ2v) is 6.90. The Balaban J connectivity index is 1.52. The number of hydrogen-bond acceptors (Lipinski definition) is 6. The van der Waals surface area contributed by atoms with E-state index in [1.54, 1.807) is 16.2 Å². The molecule has 0 aliphatic carbocycles. The van der Waals surface area contributed by atoms with Gasteiger partial charge in [0.2, 0.25) is 11.7 Å². The minimum absolute atomic E-state index is 0.131. The zero-order valence-corrected chi connectivity index (χ0v) is 14.0. The lowest BCUT2D eigenvalue weighted by Gasteiger charge is -2.29. The first-order valence-corrected chi connectivity index (χ1v) is 8.76. The number of aryl methyl sites for hydroxylation is 1. The van der Waals surface area contributed by atoms with Crippen LogP contribution in [0, 0.1) is 6.92 Å². The lowest BCUT2D eigenvalue weighted by atomic mass is 9.97. The van der Waals surface area contributed by atoms with Crippen LogP contribution >= 0.6 is 11.3 Å². The molecular formula is C15H17F2N5OS. The van der Waals surface area contributed by atoms with Crippen molar-refractivity contribution < 1.29 is 13.3 Å². The van der Waals surface area contributed by atoms with Crippen LogP contribution in [0.3, 0.4) is 0 Å². The molecule has 1 aliphatic rings. The van der Waals surface area contributed by atoms with Crippen LogP contribution in [0.25, 0.3) is 16.5 Å². The van der Waals surface area contributed by atoms with Crippen molar-refractivity contribution in [2.75, 3.05) is 19.6 Å². The summed E-state index contributed by atoms with van der Waals surface area (Å²) in [6, 6.07) is 0. The molecule has 1 saturated heterocycles. The number of likely N-dealkylation sites (tertiary alicyclic amines) is 1. The van der Waals surface area contributed by atoms with E-state index in [2.05, 4.69) is 15.1 Å². The highest BCUT2D eigenvalue weighted by Crippen LogP contribution is 2.30. The molecule has 0 saturated carbocycles. The van der Waals surface area contributed by atoms with E-state index in [4.69, 9.17) is 4.52 Å². The first-order valence-electron chi connectivity index (χ1n) is 7.88. The van der Waals surface area contributed by atoms with Gasteiger partial charge in [0, 0.05) is 17.5 Å². The molecule has 0 aromatic carbocycles. The molecule has 0 unspecified atom stereocenters. The van der Waals surface area contributed by atoms with E-state index in [0.717, 1.165) is 29.2 Å². The Morgan fingerprint density at radius 1 is 1.33 bits per heavy atom. The summed E-state index contributed by atoms with van der Waals surface area (Å²) < 4.78 is 32.3. The smallest absolute Gasteiger partial charge is 0.251 e. The Kier molecular flexibility index (Phi) is 4.05. The van der Waals surface area contributed by atoms with Crippen LogP contribution in [-0.4, -0.2) is 50.5 Å². The molecule has 0 bridgehead atoms. The van der Waals surface area contributed by atoms with E-state index < -0.39 is 6.43 Å². The number of fused-ring (bicyclic) bond motifs is 1. The van der Waals surface area contributed by atoms with Crippen molar-refractivity contribution in [3.8, 4) is 11.5 Å². The first kappa shape index (κ1) is 15.6. The number of imidazole rings is 1. The molecule has 1 fully saturated rings. The average molecular weight is 353 g/mol. The fraction of sp³-hybridized carbons (Fsp3) is 0.533. The van der Waals surface area contributed by atoms with Crippen LogP contribution in [0.15, 0.2) is 16.1 Å². The molecule has 0 N–H and O–H groups in total. The normalized spacial score (nSPS) is 17.3. The highest BCUT2D eigenvalue weighted by molar-refractivity contribution is 7.15. The summed E-state index contributed by atoms with van der Waals surface area (Å²) in [6.07, 6.45) is 1.17. The second-order valence-electron chi connectivity index (χ2n) is 6.02. The zero-order chi connectivity index (χ0) is 16.7. The molecule has 3 aromatic rings. The van der Waals surface area contributed by atoms with Gasteiger partial charge in [0.1, 0.15) is 5.69 Å². The Morgan fingerprint density at radius 2 is 2.12 bits per heavy atom. The number of hydrogen-bond donors (Lipinski definition) is 0. The Morgan fingerprint density at radius 3 is 2.88 bits per heavy atom. The second kappa shape index (κ2) is 6.21. The van der Waals surface area contributed by atoms with Gasteiger partial charge in [-0.2, -0.15) is 4.98 Å². The third kappa shape index (κ3) is 2.82. The van der Waals surface area contributed by atoms with Crippen molar-refractivity contribution >= 4 is 16.3 Å². The zero-order valence-electron chi connectivity index (χ0n) is 13.2. The van der Waals surface area contributed by atoms with Gasteiger partial charge in [-0.05, 0) is 32.9 Å². The van der Waals surface area contributed by atoms with Gasteiger partial charge < -0.3 is 4.52 Å². The Bertz CT molecular complexity index is 834. The van der Waals surface area contributed by atoms with Crippen molar-refractivity contribution in [3.63, 3.8) is 0 Å². The molecule has 4 heterocycles. The molecule has 4 rings (SSSR count). The maximum Gasteiger partial charge on any atom is 0.251 e. The molecule has 24 heavy (non-hydrogen) atoms. The number of thiazole rings is 1. The van der Waals surface area contributed by atoms with Crippen LogP contribution in [0.2, 0.25) is 0 Å². The molecule has 9 heteroatoms. The van der Waals surface area contributed by atoms with Crippen LogP contribution < -0.4 is 0 Å². The quantitative estimate of drug-likeness (QED) is 0.721. The minimum Gasteiger partial charge on any atom is -0.339 e. The fourth-order valence-electron chi connectivity index (χ4n) is 3.22. The summed E-state index contributed by atoms with van der Waals surface area (Å²) >= 11 is 1.56. The molecule has 1 aliphatic heterocycles. The van der Waals surface area contributed by atoms with E-state index in [-0.39, 0.29) is 12.5 Å². The number of aromatic nitrogens is 4. The van der Waals surface area contributed by atoms with E-state index in [0.29, 0.717) is 24.8 Å². The predicted molar refractivity (Wildman–Crippen MR) is 85.5 cm³/mol. The summed E-state index contributed by atoms with van der Waals surface area (Å²) in [4.78, 5) is 11.7. The van der Waals surface area contributed by atoms with Crippen LogP contribution in [0.5, 0.6) is 0 Å². The molecule has 6 nitrogen and oxygen atoms in total. The SMILES string of the molecule is Cc1nc2sccn2c1-c1noc(C2CCN(CC(F)F)CC2)n1. The Labute approximate surface area is 141 Å². The highest BCUT2D eigenvalue weighted by atomic mass is 32.1. The van der Waals surface area contributed by atoms with Crippen molar-refractivity contribution in [3.05, 3.63) is 23.2 Å². The summed E-state index contributed by atoms with van der Waals surface area (Å²) in [7, 11) is 0. The maximum absolute atomic E-state index is 12.4. The van der Waals surface area contributed by atoms with Gasteiger partial charge in [0.25, 0.3) is 6.43 Å². The first-order chi connectivity index (χ1) is 11.6. The summed E-state index contributed by atoms with van der Waals surface area (Å²) in [5.41, 5.74) is 1.71. The van der Waals surface area contributed by atoms with E-state index in [9.17, 15) is 8.78 Å². The van der Waals surface area contributed by atoms with Crippen molar-refractivity contribution in [1.29, 1.82) is 0 Å². The third-order valence-corrected chi connectivity index (χ3v) is 5.18. The van der Waals surface area contributed by atoms with Crippen molar-refractivity contribution in [2.24, 2.45) is 0 Å². The lowest BCUT2D eigenvalue weighted by molar-refractivity contribution is 0.0731. The molecule has 0 atom stereocenters. The van der Waals surface area contributed by atoms with Crippen molar-refractivity contribution in [2.45, 2.75) is 32.1 Å². The van der Waals surface area contributed by atoms with Gasteiger partial charge in [-0.25, -0.2) is 13.8 Å². The molecule has 0 spiro atoms. The van der Waals surface area contributed by atoms with Gasteiger partial charge in [-0.3, -0.25) is 9.30 Å². The lowest BCUT2D eigenvalue weighted by Crippen LogP contribution is -2.36. The standard InChI is InChI=1S/C15H17F2N5OS/c1-9-12(22-6-7-24-15(22)18-9)13-19-14(23-20-13)10-2-4-21(5-3-10)8-11(16)17/h6-7,10-11H,2-5,8H2,1H3. The number of nitrogens with zero attached hydrogens (tertiary/aromatic N) is 5. The van der Waals surface area contributed by atoms with E-state index in [1.165, 1.54) is 0 Å². The number of alkyl halides is 2. The van der Waals surface area contributed by atoms with Gasteiger partial charge in [0.15, 0.2) is 4.96 Å². The van der Waals surface area contributed by atoms with Crippen molar-refractivity contribution in [1.82, 2.24) is 24.4 Å². The predicted octanol–water partition coefficient (Wildman–Crippen LogP) is 3.20. The molecule has 0 amide bonds. The molecular weight excluding hydrogens is 336 g/mol. The number of halogens is 2. The summed E-state index contributed by atoms with van der Waals surface area (Å²) in [5.74, 6) is 1.25. The molecule has 0 radical (unpaired) electrons. The fourth-order valence-corrected chi connectivity index (χ4v) is 3.98. The highest BCUT2D eigenvalue weighted by Gasteiger charge is 2.27. The largest absolute Gasteiger partial charge is 0.339 e. The number of piperidine rings is 1. The topological polar surface area (TPSA) is 59.5 Å². The third-order valence-electron chi connectivity index (χ3n) is 4.42.